The van der Waals surface area contributed by atoms with E-state index in [0.717, 1.165) is 64.3 Å². The molecule has 0 aromatic carbocycles. The quantitative estimate of drug-likeness (QED) is 0.668. The molecule has 126 valence electrons. The highest BCUT2D eigenvalue weighted by molar-refractivity contribution is 5.80. The van der Waals surface area contributed by atoms with Crippen molar-refractivity contribution in [1.29, 1.82) is 0 Å². The van der Waals surface area contributed by atoms with E-state index in [1.165, 1.54) is 0 Å². The Balaban J connectivity index is 1.58. The molecule has 0 aliphatic carbocycles. The van der Waals surface area contributed by atoms with Crippen LogP contribution in [0.25, 0.3) is 0 Å². The molecule has 0 bridgehead atoms. The molecular formula is C17H27N5O. The number of anilines is 1. The lowest BCUT2D eigenvalue weighted by Crippen LogP contribution is -2.53. The van der Waals surface area contributed by atoms with E-state index >= 15 is 0 Å². The molecule has 0 radical (unpaired) electrons. The first kappa shape index (κ1) is 16.1. The number of nitrogens with zero attached hydrogens (tertiary/aromatic N) is 4. The Bertz CT molecular complexity index is 521. The second-order valence-corrected chi connectivity index (χ2v) is 6.64. The first-order valence-corrected chi connectivity index (χ1v) is 8.47. The van der Waals surface area contributed by atoms with Gasteiger partial charge in [0.15, 0.2) is 5.96 Å². The van der Waals surface area contributed by atoms with Gasteiger partial charge < -0.3 is 19.9 Å². The van der Waals surface area contributed by atoms with Gasteiger partial charge in [0.25, 0.3) is 0 Å². The van der Waals surface area contributed by atoms with Crippen molar-refractivity contribution in [1.82, 2.24) is 15.2 Å². The monoisotopic (exact) mass is 317 g/mol. The molecular weight excluding hydrogens is 290 g/mol. The van der Waals surface area contributed by atoms with Crippen LogP contribution in [0.2, 0.25) is 0 Å². The van der Waals surface area contributed by atoms with Gasteiger partial charge in [-0.05, 0) is 19.1 Å². The molecule has 3 rings (SSSR count). The lowest BCUT2D eigenvalue weighted by Gasteiger charge is -2.39. The molecule has 0 unspecified atom stereocenters. The van der Waals surface area contributed by atoms with Crippen molar-refractivity contribution in [3.63, 3.8) is 0 Å². The molecule has 3 heterocycles. The molecule has 6 nitrogen and oxygen atoms in total. The van der Waals surface area contributed by atoms with E-state index in [-0.39, 0.29) is 5.41 Å². The van der Waals surface area contributed by atoms with Gasteiger partial charge >= 0.3 is 0 Å². The Morgan fingerprint density at radius 1 is 1.30 bits per heavy atom. The van der Waals surface area contributed by atoms with Crippen LogP contribution in [0.4, 0.5) is 5.82 Å². The Labute approximate surface area is 138 Å². The molecule has 2 fully saturated rings. The molecule has 0 spiro atoms. The van der Waals surface area contributed by atoms with Crippen LogP contribution in [0.1, 0.15) is 13.8 Å². The summed E-state index contributed by atoms with van der Waals surface area (Å²) in [5, 5.41) is 3.43. The Kier molecular flexibility index (Phi) is 5.00. The summed E-state index contributed by atoms with van der Waals surface area (Å²) in [5.41, 5.74) is 0.219. The fourth-order valence-corrected chi connectivity index (χ4v) is 2.92. The largest absolute Gasteiger partial charge is 0.380 e. The molecule has 0 atom stereocenters. The Hall–Kier alpha value is -1.82. The normalized spacial score (nSPS) is 21.0. The van der Waals surface area contributed by atoms with Crippen LogP contribution < -0.4 is 10.2 Å². The first-order valence-electron chi connectivity index (χ1n) is 8.47. The number of aromatic nitrogens is 1. The van der Waals surface area contributed by atoms with Crippen molar-refractivity contribution in [3.8, 4) is 0 Å². The number of hydrogen-bond donors (Lipinski definition) is 1. The molecule has 0 saturated carbocycles. The summed E-state index contributed by atoms with van der Waals surface area (Å²) in [6.45, 7) is 11.6. The number of ether oxygens (including phenoxy) is 1. The zero-order valence-corrected chi connectivity index (χ0v) is 14.2. The van der Waals surface area contributed by atoms with E-state index < -0.39 is 0 Å². The lowest BCUT2D eigenvalue weighted by atomic mass is 9.89. The Morgan fingerprint density at radius 2 is 2.09 bits per heavy atom. The van der Waals surface area contributed by atoms with E-state index in [1.54, 1.807) is 0 Å². The number of guanidine groups is 1. The summed E-state index contributed by atoms with van der Waals surface area (Å²) in [6, 6.07) is 6.08. The summed E-state index contributed by atoms with van der Waals surface area (Å²) in [5.74, 6) is 2.09. The van der Waals surface area contributed by atoms with Crippen molar-refractivity contribution in [3.05, 3.63) is 24.4 Å². The summed E-state index contributed by atoms with van der Waals surface area (Å²) in [7, 11) is 0. The second-order valence-electron chi connectivity index (χ2n) is 6.64. The van der Waals surface area contributed by atoms with Gasteiger partial charge in [-0.25, -0.2) is 4.98 Å². The van der Waals surface area contributed by atoms with Crippen molar-refractivity contribution in [2.24, 2.45) is 10.4 Å². The number of piperazine rings is 1. The second kappa shape index (κ2) is 7.17. The Morgan fingerprint density at radius 3 is 2.65 bits per heavy atom. The topological polar surface area (TPSA) is 53.0 Å². The average Bonchev–Trinajstić information content (AvgIpc) is 2.58. The van der Waals surface area contributed by atoms with E-state index in [0.29, 0.717) is 0 Å². The van der Waals surface area contributed by atoms with Gasteiger partial charge in [-0.1, -0.05) is 13.0 Å². The first-order chi connectivity index (χ1) is 11.2. The minimum Gasteiger partial charge on any atom is -0.380 e. The molecule has 1 aromatic rings. The van der Waals surface area contributed by atoms with Crippen LogP contribution in [0.15, 0.2) is 29.4 Å². The maximum Gasteiger partial charge on any atom is 0.194 e. The zero-order valence-electron chi connectivity index (χ0n) is 14.2. The lowest BCUT2D eigenvalue weighted by molar-refractivity contribution is -0.0946. The van der Waals surface area contributed by atoms with Gasteiger partial charge in [0.1, 0.15) is 5.82 Å². The third kappa shape index (κ3) is 3.93. The van der Waals surface area contributed by atoms with Crippen molar-refractivity contribution < 1.29 is 4.74 Å². The molecule has 2 aliphatic rings. The smallest absolute Gasteiger partial charge is 0.194 e. The maximum atomic E-state index is 5.32. The molecule has 0 amide bonds. The minimum absolute atomic E-state index is 0.219. The molecule has 1 aromatic heterocycles. The number of aliphatic imine (C=N–C) groups is 1. The molecule has 23 heavy (non-hydrogen) atoms. The average molecular weight is 317 g/mol. The van der Waals surface area contributed by atoms with Gasteiger partial charge in [0, 0.05) is 44.3 Å². The molecule has 2 aliphatic heterocycles. The van der Waals surface area contributed by atoms with E-state index in [2.05, 4.69) is 40.0 Å². The van der Waals surface area contributed by atoms with Crippen LogP contribution in [0.3, 0.4) is 0 Å². The van der Waals surface area contributed by atoms with Crippen LogP contribution in [0, 0.1) is 5.41 Å². The van der Waals surface area contributed by atoms with Gasteiger partial charge in [-0.3, -0.25) is 4.99 Å². The third-order valence-electron chi connectivity index (χ3n) is 4.40. The van der Waals surface area contributed by atoms with Gasteiger partial charge in [0.05, 0.1) is 19.8 Å². The number of nitrogens with one attached hydrogen (secondary N) is 1. The zero-order chi connectivity index (χ0) is 16.1. The summed E-state index contributed by atoms with van der Waals surface area (Å²) in [6.07, 6.45) is 1.86. The minimum atomic E-state index is 0.219. The van der Waals surface area contributed by atoms with Crippen molar-refractivity contribution in [2.75, 3.05) is 57.4 Å². The highest BCUT2D eigenvalue weighted by Gasteiger charge is 2.33. The maximum absolute atomic E-state index is 5.32. The highest BCUT2D eigenvalue weighted by atomic mass is 16.5. The highest BCUT2D eigenvalue weighted by Crippen LogP contribution is 2.26. The summed E-state index contributed by atoms with van der Waals surface area (Å²) in [4.78, 5) is 14.0. The summed E-state index contributed by atoms with van der Waals surface area (Å²) >= 11 is 0. The summed E-state index contributed by atoms with van der Waals surface area (Å²) < 4.78 is 5.32. The predicted octanol–water partition coefficient (Wildman–Crippen LogP) is 1.21. The standard InChI is InChI=1S/C17H27N5O/c1-3-18-16(20-12-17(2)13-23-14-17)22-10-8-21(9-11-22)15-6-4-5-7-19-15/h4-7H,3,8-14H2,1-2H3,(H,18,20). The number of rotatable bonds is 4. The van der Waals surface area contributed by atoms with Gasteiger partial charge in [0.2, 0.25) is 0 Å². The molecule has 2 saturated heterocycles. The van der Waals surface area contributed by atoms with Crippen LogP contribution >= 0.6 is 0 Å². The van der Waals surface area contributed by atoms with E-state index in [9.17, 15) is 0 Å². The number of hydrogen-bond acceptors (Lipinski definition) is 4. The molecule has 1 N–H and O–H groups in total. The van der Waals surface area contributed by atoms with Crippen molar-refractivity contribution in [2.45, 2.75) is 13.8 Å². The van der Waals surface area contributed by atoms with E-state index in [1.807, 2.05) is 18.3 Å². The third-order valence-corrected chi connectivity index (χ3v) is 4.40. The SMILES string of the molecule is CCNC(=NCC1(C)COC1)N1CCN(c2ccccn2)CC1. The van der Waals surface area contributed by atoms with Crippen LogP contribution in [0.5, 0.6) is 0 Å². The van der Waals surface area contributed by atoms with Crippen LogP contribution in [-0.4, -0.2) is 68.3 Å². The van der Waals surface area contributed by atoms with Gasteiger partial charge in [-0.2, -0.15) is 0 Å². The van der Waals surface area contributed by atoms with E-state index in [4.69, 9.17) is 9.73 Å². The fraction of sp³-hybridized carbons (Fsp3) is 0.647. The number of pyridine rings is 1. The molecule has 6 heteroatoms. The van der Waals surface area contributed by atoms with Crippen LogP contribution in [-0.2, 0) is 4.74 Å². The fourth-order valence-electron chi connectivity index (χ4n) is 2.92. The van der Waals surface area contributed by atoms with Gasteiger partial charge in [-0.15, -0.1) is 0 Å². The van der Waals surface area contributed by atoms with Crippen molar-refractivity contribution >= 4 is 11.8 Å². The predicted molar refractivity (Wildman–Crippen MR) is 92.9 cm³/mol.